The second-order valence-electron chi connectivity index (χ2n) is 7.19. The van der Waals surface area contributed by atoms with Gasteiger partial charge in [0, 0.05) is 10.9 Å². The third kappa shape index (κ3) is 3.09. The zero-order valence-corrected chi connectivity index (χ0v) is 16.6. The van der Waals surface area contributed by atoms with Crippen LogP contribution in [-0.4, -0.2) is 13.0 Å². The van der Waals surface area contributed by atoms with Gasteiger partial charge in [-0.3, -0.25) is 4.79 Å². The molecule has 7 heteroatoms. The molecular formula is C23H21N3O4. The summed E-state index contributed by atoms with van der Waals surface area (Å²) in [5.41, 5.74) is 9.32. The van der Waals surface area contributed by atoms with Gasteiger partial charge in [-0.15, -0.1) is 0 Å². The van der Waals surface area contributed by atoms with E-state index in [-0.39, 0.29) is 11.9 Å². The number of hydrogen-bond acceptors (Lipinski definition) is 6. The van der Waals surface area contributed by atoms with E-state index >= 15 is 0 Å². The van der Waals surface area contributed by atoms with Crippen LogP contribution in [-0.2, 0) is 6.54 Å². The molecule has 2 aromatic carbocycles. The maximum Gasteiger partial charge on any atom is 0.255 e. The SMILES string of the molecule is COc1c(C(=O)NCc2ccc(C)o2)ccc2c1C(c1cc3ccccc3o1)NN2. The van der Waals surface area contributed by atoms with Gasteiger partial charge in [0.05, 0.1) is 24.9 Å². The van der Waals surface area contributed by atoms with Gasteiger partial charge >= 0.3 is 0 Å². The van der Waals surface area contributed by atoms with Crippen molar-refractivity contribution in [3.8, 4) is 5.75 Å². The van der Waals surface area contributed by atoms with Crippen LogP contribution in [0.25, 0.3) is 11.0 Å². The summed E-state index contributed by atoms with van der Waals surface area (Å²) in [5, 5.41) is 3.91. The lowest BCUT2D eigenvalue weighted by molar-refractivity contribution is 0.0944. The molecule has 152 valence electrons. The van der Waals surface area contributed by atoms with Crippen LogP contribution in [0.1, 0.15) is 39.2 Å². The summed E-state index contributed by atoms with van der Waals surface area (Å²) in [7, 11) is 1.57. The summed E-state index contributed by atoms with van der Waals surface area (Å²) >= 11 is 0. The molecule has 30 heavy (non-hydrogen) atoms. The van der Waals surface area contributed by atoms with E-state index in [0.717, 1.165) is 33.7 Å². The number of fused-ring (bicyclic) bond motifs is 2. The lowest BCUT2D eigenvalue weighted by Crippen LogP contribution is -2.23. The third-order valence-electron chi connectivity index (χ3n) is 5.23. The first-order valence-corrected chi connectivity index (χ1v) is 9.68. The predicted molar refractivity (Wildman–Crippen MR) is 112 cm³/mol. The third-order valence-corrected chi connectivity index (χ3v) is 5.23. The molecule has 4 aromatic rings. The monoisotopic (exact) mass is 403 g/mol. The molecule has 1 aliphatic rings. The summed E-state index contributed by atoms with van der Waals surface area (Å²) in [5.74, 6) is 2.51. The summed E-state index contributed by atoms with van der Waals surface area (Å²) in [4.78, 5) is 12.9. The molecule has 1 amide bonds. The van der Waals surface area contributed by atoms with Crippen molar-refractivity contribution in [2.24, 2.45) is 0 Å². The topological polar surface area (TPSA) is 88.7 Å². The Balaban J connectivity index is 1.48. The number of benzene rings is 2. The van der Waals surface area contributed by atoms with E-state index in [1.165, 1.54) is 0 Å². The molecule has 0 aliphatic carbocycles. The predicted octanol–water partition coefficient (Wildman–Crippen LogP) is 4.29. The highest BCUT2D eigenvalue weighted by molar-refractivity contribution is 5.98. The van der Waals surface area contributed by atoms with Crippen molar-refractivity contribution in [1.29, 1.82) is 0 Å². The number of furan rings is 2. The number of hydrogen-bond donors (Lipinski definition) is 3. The van der Waals surface area contributed by atoms with Crippen molar-refractivity contribution in [3.63, 3.8) is 0 Å². The van der Waals surface area contributed by atoms with Crippen molar-refractivity contribution in [3.05, 3.63) is 83.0 Å². The van der Waals surface area contributed by atoms with Gasteiger partial charge in [-0.2, -0.15) is 0 Å². The lowest BCUT2D eigenvalue weighted by atomic mass is 9.99. The van der Waals surface area contributed by atoms with Gasteiger partial charge in [0.15, 0.2) is 0 Å². The minimum absolute atomic E-state index is 0.237. The number of carbonyl (C=O) groups excluding carboxylic acids is 1. The van der Waals surface area contributed by atoms with Crippen molar-refractivity contribution >= 4 is 22.6 Å². The number of aryl methyl sites for hydroxylation is 1. The zero-order valence-electron chi connectivity index (χ0n) is 16.6. The van der Waals surface area contributed by atoms with E-state index in [2.05, 4.69) is 16.2 Å². The number of amides is 1. The first-order chi connectivity index (χ1) is 14.6. The molecule has 1 unspecified atom stereocenters. The molecule has 0 spiro atoms. The Bertz CT molecular complexity index is 1210. The number of hydrazine groups is 1. The molecular weight excluding hydrogens is 382 g/mol. The molecule has 0 bridgehead atoms. The number of anilines is 1. The quantitative estimate of drug-likeness (QED) is 0.461. The maximum absolute atomic E-state index is 12.9. The van der Waals surface area contributed by atoms with E-state index < -0.39 is 0 Å². The molecule has 7 nitrogen and oxygen atoms in total. The summed E-state index contributed by atoms with van der Waals surface area (Å²) in [6.45, 7) is 2.17. The number of ether oxygens (including phenoxy) is 1. The Labute approximate surface area is 173 Å². The van der Waals surface area contributed by atoms with E-state index in [0.29, 0.717) is 23.6 Å². The Morgan fingerprint density at radius 1 is 1.13 bits per heavy atom. The van der Waals surface area contributed by atoms with Gasteiger partial charge in [0.1, 0.15) is 34.7 Å². The van der Waals surface area contributed by atoms with Crippen LogP contribution in [0.3, 0.4) is 0 Å². The van der Waals surface area contributed by atoms with Crippen LogP contribution in [0, 0.1) is 6.92 Å². The Hall–Kier alpha value is -3.71. The van der Waals surface area contributed by atoms with E-state index in [4.69, 9.17) is 13.6 Å². The van der Waals surface area contributed by atoms with E-state index in [1.807, 2.05) is 55.5 Å². The second kappa shape index (κ2) is 7.27. The fourth-order valence-electron chi connectivity index (χ4n) is 3.82. The van der Waals surface area contributed by atoms with Gasteiger partial charge < -0.3 is 24.3 Å². The summed E-state index contributed by atoms with van der Waals surface area (Å²) in [6.07, 6.45) is 0. The number of rotatable bonds is 5. The average Bonchev–Trinajstić information content (AvgIpc) is 3.48. The van der Waals surface area contributed by atoms with Crippen molar-refractivity contribution in [2.45, 2.75) is 19.5 Å². The smallest absolute Gasteiger partial charge is 0.255 e. The molecule has 1 atom stereocenters. The number of para-hydroxylation sites is 1. The van der Waals surface area contributed by atoms with Gasteiger partial charge in [-0.25, -0.2) is 5.43 Å². The van der Waals surface area contributed by atoms with Gasteiger partial charge in [-0.05, 0) is 43.3 Å². The second-order valence-corrected chi connectivity index (χ2v) is 7.19. The average molecular weight is 403 g/mol. The maximum atomic E-state index is 12.9. The minimum Gasteiger partial charge on any atom is -0.495 e. The minimum atomic E-state index is -0.289. The van der Waals surface area contributed by atoms with E-state index in [1.54, 1.807) is 13.2 Å². The van der Waals surface area contributed by atoms with Crippen molar-refractivity contribution < 1.29 is 18.4 Å². The molecule has 2 aromatic heterocycles. The number of nitrogens with one attached hydrogen (secondary N) is 3. The lowest BCUT2D eigenvalue weighted by Gasteiger charge is -2.15. The highest BCUT2D eigenvalue weighted by Crippen LogP contribution is 2.42. The first-order valence-electron chi connectivity index (χ1n) is 9.68. The highest BCUT2D eigenvalue weighted by Gasteiger charge is 2.32. The molecule has 3 N–H and O–H groups in total. The Kier molecular flexibility index (Phi) is 4.44. The van der Waals surface area contributed by atoms with Crippen molar-refractivity contribution in [1.82, 2.24) is 10.7 Å². The largest absolute Gasteiger partial charge is 0.495 e. The van der Waals surface area contributed by atoms with Gasteiger partial charge in [0.2, 0.25) is 0 Å². The highest BCUT2D eigenvalue weighted by atomic mass is 16.5. The van der Waals surface area contributed by atoms with Crippen LogP contribution in [0.15, 0.2) is 63.4 Å². The van der Waals surface area contributed by atoms with Crippen LogP contribution in [0.5, 0.6) is 5.75 Å². The first kappa shape index (κ1) is 18.3. The molecule has 0 fully saturated rings. The number of carbonyl (C=O) groups is 1. The van der Waals surface area contributed by atoms with Crippen LogP contribution >= 0.6 is 0 Å². The molecule has 0 saturated carbocycles. The normalized spacial score (nSPS) is 15.1. The Morgan fingerprint density at radius 3 is 2.77 bits per heavy atom. The fraction of sp³-hybridized carbons (Fsp3) is 0.174. The van der Waals surface area contributed by atoms with Gasteiger partial charge in [-0.1, -0.05) is 18.2 Å². The summed E-state index contributed by atoms with van der Waals surface area (Å²) in [6, 6.07) is 16.9. The van der Waals surface area contributed by atoms with Crippen LogP contribution in [0.2, 0.25) is 0 Å². The molecule has 0 radical (unpaired) electrons. The standard InChI is InChI=1S/C23H21N3O4/c1-13-7-8-15(29-13)12-24-23(27)16-9-10-17-20(22(16)28-2)21(26-25-17)19-11-14-5-3-4-6-18(14)30-19/h3-11,21,25-26H,12H2,1-2H3,(H,24,27). The Morgan fingerprint density at radius 2 is 2.00 bits per heavy atom. The molecule has 5 rings (SSSR count). The summed E-state index contributed by atoms with van der Waals surface area (Å²) < 4.78 is 17.3. The van der Waals surface area contributed by atoms with E-state index in [9.17, 15) is 4.79 Å². The zero-order chi connectivity index (χ0) is 20.7. The fourth-order valence-corrected chi connectivity index (χ4v) is 3.82. The van der Waals surface area contributed by atoms with Gasteiger partial charge in [0.25, 0.3) is 5.91 Å². The van der Waals surface area contributed by atoms with Crippen molar-refractivity contribution in [2.75, 3.05) is 12.5 Å². The van der Waals surface area contributed by atoms with Crippen LogP contribution in [0.4, 0.5) is 5.69 Å². The molecule has 1 aliphatic heterocycles. The van der Waals surface area contributed by atoms with Crippen LogP contribution < -0.4 is 20.9 Å². The number of methoxy groups -OCH3 is 1. The molecule has 0 saturated heterocycles. The molecule has 3 heterocycles.